The highest BCUT2D eigenvalue weighted by atomic mass is 32.1. The first-order valence-corrected chi connectivity index (χ1v) is 13.9. The molecule has 0 spiro atoms. The molecule has 2 heterocycles. The van der Waals surface area contributed by atoms with Gasteiger partial charge in [-0.25, -0.2) is 9.98 Å². The maximum absolute atomic E-state index is 12.8. The summed E-state index contributed by atoms with van der Waals surface area (Å²) in [6.45, 7) is 12.0. The standard InChI is InChI=1S/C29H37N5O3S/c1-6-20(7-2)15-21(8-3)26-11-12-27(38-26)29(36)32-18-31-23-17-25-24(33-19(5)28(35)34-25)16-22(23)30-13-10-14-37-9-4/h8,11-12,15-18,30H,6-7,9-10,13-14H2,1-5H3,(H,34,35)(H,31,32,36). The minimum Gasteiger partial charge on any atom is -0.383 e. The lowest BCUT2D eigenvalue weighted by Gasteiger charge is -2.11. The van der Waals surface area contributed by atoms with Gasteiger partial charge in [-0.15, -0.1) is 11.3 Å². The number of benzene rings is 1. The van der Waals surface area contributed by atoms with E-state index in [-0.39, 0.29) is 11.5 Å². The maximum atomic E-state index is 12.8. The predicted octanol–water partition coefficient (Wildman–Crippen LogP) is 6.37. The minimum absolute atomic E-state index is 0.228. The summed E-state index contributed by atoms with van der Waals surface area (Å²) in [6, 6.07) is 7.41. The van der Waals surface area contributed by atoms with Gasteiger partial charge in [0.2, 0.25) is 0 Å². The third kappa shape index (κ3) is 7.72. The number of nitrogens with zero attached hydrogens (tertiary/aromatic N) is 2. The molecule has 1 amide bonds. The number of hydrogen-bond donors (Lipinski definition) is 3. The van der Waals surface area contributed by atoms with Gasteiger partial charge in [0.1, 0.15) is 5.69 Å². The number of amides is 1. The van der Waals surface area contributed by atoms with Crippen LogP contribution in [0.15, 0.2) is 51.8 Å². The van der Waals surface area contributed by atoms with Gasteiger partial charge in [0.15, 0.2) is 0 Å². The quantitative estimate of drug-likeness (QED) is 0.102. The van der Waals surface area contributed by atoms with Crippen LogP contribution in [0.25, 0.3) is 16.6 Å². The number of nitrogens with one attached hydrogen (secondary N) is 3. The number of hydrogen-bond acceptors (Lipinski definition) is 7. The number of H-pyrrole nitrogens is 1. The van der Waals surface area contributed by atoms with Crippen LogP contribution in [-0.2, 0) is 4.74 Å². The molecule has 3 rings (SSSR count). The molecule has 9 heteroatoms. The molecule has 0 saturated carbocycles. The lowest BCUT2D eigenvalue weighted by Crippen LogP contribution is -2.20. The summed E-state index contributed by atoms with van der Waals surface area (Å²) < 4.78 is 5.41. The SMILES string of the molecule is CC=C(C=C(CC)CC)c1ccc(C(=O)NC=Nc2cc3[nH]c(=O)c(C)nc3cc2NCCCOCC)s1. The summed E-state index contributed by atoms with van der Waals surface area (Å²) in [6.07, 6.45) is 8.50. The highest BCUT2D eigenvalue weighted by molar-refractivity contribution is 7.15. The van der Waals surface area contributed by atoms with E-state index in [0.717, 1.165) is 35.4 Å². The molecule has 0 aliphatic heterocycles. The number of allylic oxidation sites excluding steroid dienone is 4. The lowest BCUT2D eigenvalue weighted by molar-refractivity contribution is 0.0982. The van der Waals surface area contributed by atoms with E-state index in [9.17, 15) is 9.59 Å². The molecule has 0 aliphatic rings. The largest absolute Gasteiger partial charge is 0.383 e. The topological polar surface area (TPSA) is 108 Å². The van der Waals surface area contributed by atoms with Gasteiger partial charge in [-0.2, -0.15) is 0 Å². The number of aliphatic imine (C=N–C) groups is 1. The number of thiophene rings is 1. The molecule has 0 atom stereocenters. The average Bonchev–Trinajstić information content (AvgIpc) is 3.41. The van der Waals surface area contributed by atoms with E-state index in [0.29, 0.717) is 47.1 Å². The monoisotopic (exact) mass is 535 g/mol. The first kappa shape index (κ1) is 29.0. The van der Waals surface area contributed by atoms with E-state index in [1.807, 2.05) is 32.0 Å². The Morgan fingerprint density at radius 3 is 2.66 bits per heavy atom. The van der Waals surface area contributed by atoms with Crippen molar-refractivity contribution in [1.29, 1.82) is 0 Å². The summed E-state index contributed by atoms with van der Waals surface area (Å²) in [5.41, 5.74) is 5.21. The summed E-state index contributed by atoms with van der Waals surface area (Å²) in [7, 11) is 0. The molecule has 0 aliphatic carbocycles. The Labute approximate surface area is 228 Å². The third-order valence-electron chi connectivity index (χ3n) is 6.06. The molecule has 3 aromatic rings. The fourth-order valence-corrected chi connectivity index (χ4v) is 4.78. The van der Waals surface area contributed by atoms with Crippen LogP contribution < -0.4 is 16.2 Å². The average molecular weight is 536 g/mol. The zero-order valence-electron chi connectivity index (χ0n) is 22.8. The molecule has 1 aromatic carbocycles. The van der Waals surface area contributed by atoms with Crippen molar-refractivity contribution >= 4 is 51.6 Å². The zero-order valence-corrected chi connectivity index (χ0v) is 23.6. The molecular weight excluding hydrogens is 498 g/mol. The highest BCUT2D eigenvalue weighted by Gasteiger charge is 2.11. The van der Waals surface area contributed by atoms with Crippen molar-refractivity contribution in [3.05, 3.63) is 67.8 Å². The summed E-state index contributed by atoms with van der Waals surface area (Å²) in [4.78, 5) is 38.3. The van der Waals surface area contributed by atoms with Crippen LogP contribution in [0.5, 0.6) is 0 Å². The number of anilines is 1. The number of rotatable bonds is 13. The van der Waals surface area contributed by atoms with Crippen molar-refractivity contribution in [3.63, 3.8) is 0 Å². The predicted molar refractivity (Wildman–Crippen MR) is 159 cm³/mol. The number of ether oxygens (including phenoxy) is 1. The molecule has 0 fully saturated rings. The van der Waals surface area contributed by atoms with Gasteiger partial charge in [-0.1, -0.05) is 31.6 Å². The van der Waals surface area contributed by atoms with Crippen molar-refractivity contribution in [2.75, 3.05) is 25.1 Å². The fraction of sp³-hybridized carbons (Fsp3) is 0.379. The Kier molecular flexibility index (Phi) is 11.0. The van der Waals surface area contributed by atoms with Crippen molar-refractivity contribution in [2.24, 2.45) is 4.99 Å². The highest BCUT2D eigenvalue weighted by Crippen LogP contribution is 2.29. The van der Waals surface area contributed by atoms with Gasteiger partial charge in [-0.05, 0) is 69.9 Å². The number of fused-ring (bicyclic) bond motifs is 1. The molecule has 8 nitrogen and oxygen atoms in total. The molecule has 0 saturated heterocycles. The third-order valence-corrected chi connectivity index (χ3v) is 7.19. The molecule has 0 unspecified atom stereocenters. The van der Waals surface area contributed by atoms with Crippen LogP contribution in [-0.4, -0.2) is 42.0 Å². The summed E-state index contributed by atoms with van der Waals surface area (Å²) in [5, 5.41) is 6.14. The van der Waals surface area contributed by atoms with Gasteiger partial charge in [0.05, 0.1) is 33.6 Å². The summed E-state index contributed by atoms with van der Waals surface area (Å²) >= 11 is 1.45. The van der Waals surface area contributed by atoms with Crippen LogP contribution in [0.4, 0.5) is 11.4 Å². The first-order chi connectivity index (χ1) is 18.4. The molecule has 2 aromatic heterocycles. The number of aryl methyl sites for hydroxylation is 1. The smallest absolute Gasteiger partial charge is 0.269 e. The van der Waals surface area contributed by atoms with E-state index < -0.39 is 0 Å². The molecule has 202 valence electrons. The van der Waals surface area contributed by atoms with Crippen LogP contribution in [0.1, 0.15) is 67.2 Å². The molecule has 0 radical (unpaired) electrons. The molecule has 38 heavy (non-hydrogen) atoms. The van der Waals surface area contributed by atoms with Crippen LogP contribution in [0.3, 0.4) is 0 Å². The van der Waals surface area contributed by atoms with E-state index in [4.69, 9.17) is 4.74 Å². The van der Waals surface area contributed by atoms with E-state index in [1.54, 1.807) is 13.0 Å². The number of aromatic amines is 1. The zero-order chi connectivity index (χ0) is 27.5. The second-order valence-corrected chi connectivity index (χ2v) is 9.75. The molecular formula is C29H37N5O3S. The molecule has 3 N–H and O–H groups in total. The van der Waals surface area contributed by atoms with Crippen LogP contribution in [0, 0.1) is 6.92 Å². The van der Waals surface area contributed by atoms with E-state index in [1.165, 1.54) is 23.2 Å². The van der Waals surface area contributed by atoms with Gasteiger partial charge in [0, 0.05) is 24.6 Å². The first-order valence-electron chi connectivity index (χ1n) is 13.1. The Morgan fingerprint density at radius 1 is 1.18 bits per heavy atom. The van der Waals surface area contributed by atoms with Gasteiger partial charge >= 0.3 is 0 Å². The molecule has 0 bridgehead atoms. The van der Waals surface area contributed by atoms with Crippen molar-refractivity contribution in [2.45, 2.75) is 53.9 Å². The van der Waals surface area contributed by atoms with Crippen LogP contribution >= 0.6 is 11.3 Å². The van der Waals surface area contributed by atoms with Crippen LogP contribution in [0.2, 0.25) is 0 Å². The van der Waals surface area contributed by atoms with Crippen molar-refractivity contribution in [1.82, 2.24) is 15.3 Å². The minimum atomic E-state index is -0.244. The van der Waals surface area contributed by atoms with E-state index in [2.05, 4.69) is 51.6 Å². The Morgan fingerprint density at radius 2 is 1.95 bits per heavy atom. The fourth-order valence-electron chi connectivity index (χ4n) is 3.82. The second-order valence-electron chi connectivity index (χ2n) is 8.66. The number of carbonyl (C=O) groups excluding carboxylic acids is 1. The normalized spacial score (nSPS) is 11.8. The Bertz CT molecular complexity index is 1390. The van der Waals surface area contributed by atoms with Crippen molar-refractivity contribution in [3.8, 4) is 0 Å². The van der Waals surface area contributed by atoms with E-state index >= 15 is 0 Å². The summed E-state index contributed by atoms with van der Waals surface area (Å²) in [5.74, 6) is -0.228. The van der Waals surface area contributed by atoms with Gasteiger partial charge in [-0.3, -0.25) is 9.59 Å². The Hall–Kier alpha value is -3.56. The van der Waals surface area contributed by atoms with Crippen molar-refractivity contribution < 1.29 is 9.53 Å². The lowest BCUT2D eigenvalue weighted by atomic mass is 10.1. The van der Waals surface area contributed by atoms with Gasteiger partial charge in [0.25, 0.3) is 11.5 Å². The maximum Gasteiger partial charge on any atom is 0.269 e. The number of carbonyl (C=O) groups is 1. The number of aromatic nitrogens is 2. The Balaban J connectivity index is 1.78. The van der Waals surface area contributed by atoms with Gasteiger partial charge < -0.3 is 20.4 Å². The second kappa shape index (κ2) is 14.4.